The fourth-order valence-corrected chi connectivity index (χ4v) is 2.01. The molecular weight excluding hydrogens is 318 g/mol. The zero-order valence-electron chi connectivity index (χ0n) is 8.39. The third kappa shape index (κ3) is 2.68. The predicted octanol–water partition coefficient (Wildman–Crippen LogP) is 1.63. The minimum atomic E-state index is -3.66. The number of rotatable bonds is 3. The lowest BCUT2D eigenvalue weighted by atomic mass is 10.1. The molecule has 1 rings (SSSR count). The number of halogens is 2. The quantitative estimate of drug-likeness (QED) is 0.653. The summed E-state index contributed by atoms with van der Waals surface area (Å²) in [5.41, 5.74) is 6.36. The van der Waals surface area contributed by atoms with Crippen LogP contribution in [0.1, 0.15) is 11.7 Å². The summed E-state index contributed by atoms with van der Waals surface area (Å²) in [5, 5.41) is 9.88. The van der Waals surface area contributed by atoms with Gasteiger partial charge in [-0.2, -0.15) is 0 Å². The van der Waals surface area contributed by atoms with Crippen LogP contribution < -0.4 is 5.73 Å². The molecule has 0 unspecified atom stereocenters. The standard InChI is InChI=1S/C9H11BrClNO3S/c1-16(14,15)9(10,11)8(13)6-2-4-7(12)5-3-6/h2-5,8,13H,12H2,1H3/t8-,9-/m0/s1. The fraction of sp³-hybridized carbons (Fsp3) is 0.333. The van der Waals surface area contributed by atoms with Gasteiger partial charge in [0, 0.05) is 11.9 Å². The van der Waals surface area contributed by atoms with Crippen molar-refractivity contribution >= 4 is 43.1 Å². The van der Waals surface area contributed by atoms with Gasteiger partial charge in [0.1, 0.15) is 6.10 Å². The second kappa shape index (κ2) is 4.52. The van der Waals surface area contributed by atoms with E-state index in [1.807, 2.05) is 0 Å². The molecule has 0 radical (unpaired) electrons. The van der Waals surface area contributed by atoms with E-state index in [4.69, 9.17) is 17.3 Å². The van der Waals surface area contributed by atoms with Crippen LogP contribution in [0.5, 0.6) is 0 Å². The van der Waals surface area contributed by atoms with Crippen LogP contribution in [0.15, 0.2) is 24.3 Å². The molecule has 1 aromatic carbocycles. The molecule has 16 heavy (non-hydrogen) atoms. The van der Waals surface area contributed by atoms with Gasteiger partial charge in [-0.05, 0) is 33.6 Å². The van der Waals surface area contributed by atoms with Crippen LogP contribution in [0.2, 0.25) is 0 Å². The first-order valence-electron chi connectivity index (χ1n) is 4.27. The predicted molar refractivity (Wildman–Crippen MR) is 68.2 cm³/mol. The van der Waals surface area contributed by atoms with E-state index in [9.17, 15) is 13.5 Å². The number of nitrogens with two attached hydrogens (primary N) is 1. The van der Waals surface area contributed by atoms with E-state index in [2.05, 4.69) is 15.9 Å². The normalized spacial score (nSPS) is 17.8. The summed E-state index contributed by atoms with van der Waals surface area (Å²) in [6.45, 7) is 0. The summed E-state index contributed by atoms with van der Waals surface area (Å²) in [6, 6.07) is 6.15. The highest BCUT2D eigenvalue weighted by atomic mass is 79.9. The number of nitrogen functional groups attached to an aromatic ring is 1. The highest BCUT2D eigenvalue weighted by molar-refractivity contribution is 9.12. The van der Waals surface area contributed by atoms with Gasteiger partial charge >= 0.3 is 0 Å². The number of benzene rings is 1. The van der Waals surface area contributed by atoms with Gasteiger partial charge in [0.2, 0.25) is 3.12 Å². The van der Waals surface area contributed by atoms with Gasteiger partial charge in [-0.25, -0.2) is 8.42 Å². The number of hydrogen-bond donors (Lipinski definition) is 2. The van der Waals surface area contributed by atoms with Crippen LogP contribution in [-0.2, 0) is 9.84 Å². The molecule has 0 aliphatic rings. The lowest BCUT2D eigenvalue weighted by molar-refractivity contribution is 0.185. The van der Waals surface area contributed by atoms with Crippen LogP contribution >= 0.6 is 27.5 Å². The molecule has 0 aliphatic carbocycles. The van der Waals surface area contributed by atoms with E-state index in [1.54, 1.807) is 12.1 Å². The van der Waals surface area contributed by atoms with Crippen molar-refractivity contribution < 1.29 is 13.5 Å². The Kier molecular flexibility index (Phi) is 3.89. The smallest absolute Gasteiger partial charge is 0.228 e. The molecule has 1 aromatic rings. The zero-order chi connectivity index (χ0) is 12.6. The Balaban J connectivity index is 3.12. The molecule has 90 valence electrons. The van der Waals surface area contributed by atoms with Crippen molar-refractivity contribution in [3.05, 3.63) is 29.8 Å². The van der Waals surface area contributed by atoms with Crippen LogP contribution in [0, 0.1) is 0 Å². The molecule has 0 aromatic heterocycles. The van der Waals surface area contributed by atoms with Gasteiger partial charge in [-0.3, -0.25) is 0 Å². The number of aliphatic hydroxyl groups excluding tert-OH is 1. The van der Waals surface area contributed by atoms with E-state index >= 15 is 0 Å². The molecule has 0 spiro atoms. The lowest BCUT2D eigenvalue weighted by Gasteiger charge is -2.24. The number of anilines is 1. The second-order valence-electron chi connectivity index (χ2n) is 3.40. The maximum atomic E-state index is 11.4. The minimum absolute atomic E-state index is 0.367. The Morgan fingerprint density at radius 2 is 1.88 bits per heavy atom. The topological polar surface area (TPSA) is 80.4 Å². The number of hydrogen-bond acceptors (Lipinski definition) is 4. The van der Waals surface area contributed by atoms with Crippen molar-refractivity contribution in [2.75, 3.05) is 12.0 Å². The SMILES string of the molecule is CS(=O)(=O)[C@](Cl)(Br)[C@@H](O)c1ccc(N)cc1. The molecule has 7 heteroatoms. The van der Waals surface area contributed by atoms with E-state index < -0.39 is 19.1 Å². The van der Waals surface area contributed by atoms with E-state index in [1.165, 1.54) is 12.1 Å². The summed E-state index contributed by atoms with van der Waals surface area (Å²) in [4.78, 5) is 0. The number of sulfone groups is 1. The average Bonchev–Trinajstić information content (AvgIpc) is 2.16. The monoisotopic (exact) mass is 327 g/mol. The average molecular weight is 329 g/mol. The van der Waals surface area contributed by atoms with Crippen LogP contribution in [0.4, 0.5) is 5.69 Å². The molecule has 3 N–H and O–H groups in total. The molecule has 0 heterocycles. The Morgan fingerprint density at radius 3 is 2.25 bits per heavy atom. The maximum absolute atomic E-state index is 11.4. The van der Waals surface area contributed by atoms with E-state index in [0.29, 0.717) is 11.3 Å². The van der Waals surface area contributed by atoms with Gasteiger partial charge in [-0.1, -0.05) is 23.7 Å². The molecule has 2 atom stereocenters. The highest BCUT2D eigenvalue weighted by Gasteiger charge is 2.44. The molecule has 0 aliphatic heterocycles. The highest BCUT2D eigenvalue weighted by Crippen LogP contribution is 2.42. The van der Waals surface area contributed by atoms with Crippen molar-refractivity contribution in [1.29, 1.82) is 0 Å². The Labute approximate surface area is 107 Å². The summed E-state index contributed by atoms with van der Waals surface area (Å²) in [5.74, 6) is 0. The molecule has 0 bridgehead atoms. The van der Waals surface area contributed by atoms with E-state index in [-0.39, 0.29) is 0 Å². The third-order valence-corrected chi connectivity index (χ3v) is 6.52. The molecule has 0 fully saturated rings. The van der Waals surface area contributed by atoms with Gasteiger partial charge in [0.05, 0.1) is 0 Å². The summed E-state index contributed by atoms with van der Waals surface area (Å²) in [6.07, 6.45) is -0.445. The summed E-state index contributed by atoms with van der Waals surface area (Å²) >= 11 is 8.60. The van der Waals surface area contributed by atoms with Gasteiger partial charge in [0.25, 0.3) is 0 Å². The maximum Gasteiger partial charge on any atom is 0.228 e. The van der Waals surface area contributed by atoms with Gasteiger partial charge < -0.3 is 10.8 Å². The summed E-state index contributed by atoms with van der Waals surface area (Å²) in [7, 11) is -3.66. The molecular formula is C9H11BrClNO3S. The number of aliphatic hydroxyl groups is 1. The first kappa shape index (κ1) is 13.8. The number of alkyl halides is 2. The Bertz CT molecular complexity index is 472. The van der Waals surface area contributed by atoms with Crippen molar-refractivity contribution in [3.63, 3.8) is 0 Å². The van der Waals surface area contributed by atoms with Crippen molar-refractivity contribution in [2.24, 2.45) is 0 Å². The zero-order valence-corrected chi connectivity index (χ0v) is 11.6. The first-order chi connectivity index (χ1) is 7.16. The van der Waals surface area contributed by atoms with Crippen molar-refractivity contribution in [3.8, 4) is 0 Å². The fourth-order valence-electron chi connectivity index (χ4n) is 1.08. The molecule has 0 saturated carbocycles. The van der Waals surface area contributed by atoms with Crippen LogP contribution in [0.25, 0.3) is 0 Å². The Morgan fingerprint density at radius 1 is 1.44 bits per heavy atom. The summed E-state index contributed by atoms with van der Waals surface area (Å²) < 4.78 is 20.8. The second-order valence-corrected chi connectivity index (χ2v) is 8.64. The van der Waals surface area contributed by atoms with Crippen LogP contribution in [-0.4, -0.2) is 22.9 Å². The molecule has 0 saturated heterocycles. The van der Waals surface area contributed by atoms with Crippen LogP contribution in [0.3, 0.4) is 0 Å². The van der Waals surface area contributed by atoms with Gasteiger partial charge in [-0.15, -0.1) is 0 Å². The van der Waals surface area contributed by atoms with Crippen molar-refractivity contribution in [1.82, 2.24) is 0 Å². The molecule has 4 nitrogen and oxygen atoms in total. The van der Waals surface area contributed by atoms with Crippen molar-refractivity contribution in [2.45, 2.75) is 9.22 Å². The largest absolute Gasteiger partial charge is 0.399 e. The minimum Gasteiger partial charge on any atom is -0.399 e. The first-order valence-corrected chi connectivity index (χ1v) is 7.33. The van der Waals surface area contributed by atoms with Gasteiger partial charge in [0.15, 0.2) is 9.84 Å². The van der Waals surface area contributed by atoms with E-state index in [0.717, 1.165) is 6.26 Å². The Hall–Kier alpha value is -0.300. The third-order valence-electron chi connectivity index (χ3n) is 2.06. The lowest BCUT2D eigenvalue weighted by Crippen LogP contribution is -2.32. The molecule has 0 amide bonds.